The van der Waals surface area contributed by atoms with Gasteiger partial charge in [-0.25, -0.2) is 9.97 Å². The fourth-order valence-electron chi connectivity index (χ4n) is 6.67. The topological polar surface area (TPSA) is 51.6 Å². The highest BCUT2D eigenvalue weighted by Gasteiger charge is 2.21. The van der Waals surface area contributed by atoms with Crippen molar-refractivity contribution in [3.05, 3.63) is 146 Å². The van der Waals surface area contributed by atoms with E-state index in [1.54, 1.807) is 0 Å². The van der Waals surface area contributed by atoms with Crippen molar-refractivity contribution < 1.29 is 0 Å². The van der Waals surface area contributed by atoms with Gasteiger partial charge in [0.2, 0.25) is 0 Å². The van der Waals surface area contributed by atoms with Crippen LogP contribution in [0.3, 0.4) is 0 Å². The predicted octanol–water partition coefficient (Wildman–Crippen LogP) is 10.0. The molecule has 44 heavy (non-hydrogen) atoms. The normalized spacial score (nSPS) is 11.6. The van der Waals surface area contributed by atoms with Crippen molar-refractivity contribution in [1.82, 2.24) is 19.9 Å². The predicted molar refractivity (Wildman–Crippen MR) is 181 cm³/mol. The van der Waals surface area contributed by atoms with Gasteiger partial charge in [-0.3, -0.25) is 9.97 Å². The number of rotatable bonds is 3. The summed E-state index contributed by atoms with van der Waals surface area (Å²) in [5, 5.41) is 7.94. The molecule has 0 bridgehead atoms. The lowest BCUT2D eigenvalue weighted by molar-refractivity contribution is 1.25. The summed E-state index contributed by atoms with van der Waals surface area (Å²) in [6.07, 6.45) is 3.66. The Balaban J connectivity index is 1.45. The summed E-state index contributed by atoms with van der Waals surface area (Å²) in [6.45, 7) is 0. The zero-order valence-corrected chi connectivity index (χ0v) is 23.6. The zero-order valence-electron chi connectivity index (χ0n) is 23.6. The molecule has 0 aliphatic heterocycles. The van der Waals surface area contributed by atoms with Crippen molar-refractivity contribution in [2.75, 3.05) is 0 Å². The van der Waals surface area contributed by atoms with Crippen molar-refractivity contribution in [2.45, 2.75) is 0 Å². The van der Waals surface area contributed by atoms with Crippen LogP contribution in [0.1, 0.15) is 0 Å². The molecule has 0 aliphatic rings. The van der Waals surface area contributed by atoms with Gasteiger partial charge in [-0.05, 0) is 63.5 Å². The Morgan fingerprint density at radius 1 is 0.318 bits per heavy atom. The largest absolute Gasteiger partial charge is 0.255 e. The third-order valence-corrected chi connectivity index (χ3v) is 8.54. The molecular formula is C40H24N4. The molecule has 4 heterocycles. The van der Waals surface area contributed by atoms with Gasteiger partial charge >= 0.3 is 0 Å². The standard InChI is InChI=1S/C40H24N4/c1-3-14-28-26(12-1)36(35-20-9-19-34(43-35)33-18-7-8-23-41-33)27-13-2-4-15-29(27)37(28)38-30-16-5-6-17-32(30)44-40-31(38)22-21-25-11-10-24-42-39(25)40/h1-24H. The lowest BCUT2D eigenvalue weighted by atomic mass is 9.84. The van der Waals surface area contributed by atoms with Gasteiger partial charge in [0.25, 0.3) is 0 Å². The first-order chi connectivity index (χ1) is 21.8. The minimum Gasteiger partial charge on any atom is -0.255 e. The first kappa shape index (κ1) is 24.6. The maximum absolute atomic E-state index is 5.18. The molecule has 0 saturated heterocycles. The molecule has 4 heteroatoms. The van der Waals surface area contributed by atoms with Gasteiger partial charge in [0, 0.05) is 39.7 Å². The second kappa shape index (κ2) is 9.79. The second-order valence-corrected chi connectivity index (χ2v) is 11.0. The zero-order chi connectivity index (χ0) is 29.0. The van der Waals surface area contributed by atoms with Crippen molar-refractivity contribution in [3.8, 4) is 33.8 Å². The lowest BCUT2D eigenvalue weighted by Gasteiger charge is -2.20. The molecule has 0 unspecified atom stereocenters. The van der Waals surface area contributed by atoms with Crippen LogP contribution in [0.25, 0.3) is 88.0 Å². The molecule has 4 aromatic heterocycles. The quantitative estimate of drug-likeness (QED) is 0.159. The fraction of sp³-hybridized carbons (Fsp3) is 0. The van der Waals surface area contributed by atoms with Gasteiger partial charge in [-0.15, -0.1) is 0 Å². The van der Waals surface area contributed by atoms with Crippen LogP contribution in [-0.4, -0.2) is 19.9 Å². The monoisotopic (exact) mass is 560 g/mol. The van der Waals surface area contributed by atoms with Crippen LogP contribution in [0.15, 0.2) is 146 Å². The average Bonchev–Trinajstić information content (AvgIpc) is 3.10. The van der Waals surface area contributed by atoms with Crippen LogP contribution < -0.4 is 0 Å². The summed E-state index contributed by atoms with van der Waals surface area (Å²) in [5.41, 5.74) is 8.90. The summed E-state index contributed by atoms with van der Waals surface area (Å²) in [7, 11) is 0. The Labute approximate surface area is 253 Å². The molecule has 0 amide bonds. The third-order valence-electron chi connectivity index (χ3n) is 8.54. The van der Waals surface area contributed by atoms with Crippen LogP contribution >= 0.6 is 0 Å². The smallest absolute Gasteiger partial charge is 0.0978 e. The summed E-state index contributed by atoms with van der Waals surface area (Å²) < 4.78 is 0. The second-order valence-electron chi connectivity index (χ2n) is 11.0. The molecule has 0 radical (unpaired) electrons. The molecule has 0 spiro atoms. The van der Waals surface area contributed by atoms with E-state index >= 15 is 0 Å². The number of hydrogen-bond donors (Lipinski definition) is 0. The maximum atomic E-state index is 5.18. The summed E-state index contributed by atoms with van der Waals surface area (Å²) in [4.78, 5) is 19.7. The summed E-state index contributed by atoms with van der Waals surface area (Å²) >= 11 is 0. The third kappa shape index (κ3) is 3.71. The highest BCUT2D eigenvalue weighted by Crippen LogP contribution is 2.47. The highest BCUT2D eigenvalue weighted by atomic mass is 14.8. The number of pyridine rings is 4. The van der Waals surface area contributed by atoms with Gasteiger partial charge in [0.05, 0.1) is 33.6 Å². The average molecular weight is 561 g/mol. The van der Waals surface area contributed by atoms with Crippen LogP contribution in [0.5, 0.6) is 0 Å². The minimum absolute atomic E-state index is 0.853. The summed E-state index contributed by atoms with van der Waals surface area (Å²) in [6, 6.07) is 46.5. The SMILES string of the molecule is c1ccc(-c2cccc(-c3c4ccccc4c(-c4c5ccccc5nc5c4ccc4cccnc45)c4ccccc34)n2)nc1. The molecule has 204 valence electrons. The van der Waals surface area contributed by atoms with Crippen molar-refractivity contribution >= 4 is 54.3 Å². The van der Waals surface area contributed by atoms with Crippen molar-refractivity contribution in [2.24, 2.45) is 0 Å². The molecular weight excluding hydrogens is 536 g/mol. The Morgan fingerprint density at radius 3 is 1.68 bits per heavy atom. The number of nitrogens with zero attached hydrogens (tertiary/aromatic N) is 4. The molecule has 0 N–H and O–H groups in total. The Kier molecular flexibility index (Phi) is 5.47. The Hall–Kier alpha value is -6.00. The van der Waals surface area contributed by atoms with E-state index in [1.165, 1.54) is 21.9 Å². The van der Waals surface area contributed by atoms with Crippen LogP contribution in [-0.2, 0) is 0 Å². The summed E-state index contributed by atoms with van der Waals surface area (Å²) in [5.74, 6) is 0. The van der Waals surface area contributed by atoms with E-state index in [0.29, 0.717) is 0 Å². The van der Waals surface area contributed by atoms with E-state index in [0.717, 1.165) is 66.1 Å². The van der Waals surface area contributed by atoms with Gasteiger partial charge < -0.3 is 0 Å². The van der Waals surface area contributed by atoms with Gasteiger partial charge in [0.15, 0.2) is 0 Å². The molecule has 0 fully saturated rings. The minimum atomic E-state index is 0.853. The first-order valence-corrected chi connectivity index (χ1v) is 14.7. The molecule has 9 rings (SSSR count). The number of benzene rings is 5. The van der Waals surface area contributed by atoms with Gasteiger partial charge in [-0.2, -0.15) is 0 Å². The van der Waals surface area contributed by atoms with E-state index in [-0.39, 0.29) is 0 Å². The lowest BCUT2D eigenvalue weighted by Crippen LogP contribution is -1.96. The van der Waals surface area contributed by atoms with E-state index in [1.807, 2.05) is 42.7 Å². The number of fused-ring (bicyclic) bond motifs is 6. The van der Waals surface area contributed by atoms with E-state index in [4.69, 9.17) is 15.0 Å². The van der Waals surface area contributed by atoms with E-state index in [9.17, 15) is 0 Å². The Bertz CT molecular complexity index is 2500. The molecule has 5 aromatic carbocycles. The first-order valence-electron chi connectivity index (χ1n) is 14.7. The number of aromatic nitrogens is 4. The molecule has 0 atom stereocenters. The number of hydrogen-bond acceptors (Lipinski definition) is 4. The van der Waals surface area contributed by atoms with E-state index in [2.05, 4.69) is 108 Å². The van der Waals surface area contributed by atoms with E-state index < -0.39 is 0 Å². The molecule has 4 nitrogen and oxygen atoms in total. The molecule has 0 aliphatic carbocycles. The van der Waals surface area contributed by atoms with Crippen LogP contribution in [0, 0.1) is 0 Å². The van der Waals surface area contributed by atoms with Crippen LogP contribution in [0.4, 0.5) is 0 Å². The fourth-order valence-corrected chi connectivity index (χ4v) is 6.67. The van der Waals surface area contributed by atoms with Gasteiger partial charge in [0.1, 0.15) is 0 Å². The number of para-hydroxylation sites is 1. The van der Waals surface area contributed by atoms with Crippen LogP contribution in [0.2, 0.25) is 0 Å². The molecule has 0 saturated carbocycles. The maximum Gasteiger partial charge on any atom is 0.0978 e. The van der Waals surface area contributed by atoms with Gasteiger partial charge in [-0.1, -0.05) is 97.1 Å². The van der Waals surface area contributed by atoms with Crippen molar-refractivity contribution in [3.63, 3.8) is 0 Å². The highest BCUT2D eigenvalue weighted by molar-refractivity contribution is 6.27. The Morgan fingerprint density at radius 2 is 0.932 bits per heavy atom. The molecule has 9 aromatic rings. The van der Waals surface area contributed by atoms with Crippen molar-refractivity contribution in [1.29, 1.82) is 0 Å².